The number of aliphatic hydroxyl groups is 2. The summed E-state index contributed by atoms with van der Waals surface area (Å²) in [5, 5.41) is 19.5. The Morgan fingerprint density at radius 3 is 2.44 bits per heavy atom. The van der Waals surface area contributed by atoms with Crippen LogP contribution in [0.2, 0.25) is 0 Å². The minimum absolute atomic E-state index is 0.00132. The van der Waals surface area contributed by atoms with Crippen LogP contribution in [0.15, 0.2) is 0 Å². The highest BCUT2D eigenvalue weighted by molar-refractivity contribution is 4.91. The van der Waals surface area contributed by atoms with Crippen LogP contribution in [0.25, 0.3) is 0 Å². The zero-order valence-electron chi connectivity index (χ0n) is 10.1. The van der Waals surface area contributed by atoms with E-state index in [1.165, 1.54) is 0 Å². The monoisotopic (exact) mass is 229 g/mol. The standard InChI is InChI=1S/C12H23NO3/c1-11(15)2-5-13(8-11)9-12(10-14)3-6-16-7-4-12/h14-15H,2-10H2,1H3. The van der Waals surface area contributed by atoms with Crippen LogP contribution < -0.4 is 0 Å². The van der Waals surface area contributed by atoms with E-state index in [0.717, 1.165) is 52.1 Å². The maximum Gasteiger partial charge on any atom is 0.0758 e. The van der Waals surface area contributed by atoms with Crippen LogP contribution in [-0.2, 0) is 4.74 Å². The second-order valence-corrected chi connectivity index (χ2v) is 5.73. The average Bonchev–Trinajstić information content (AvgIpc) is 2.59. The van der Waals surface area contributed by atoms with Gasteiger partial charge in [-0.3, -0.25) is 4.90 Å². The van der Waals surface area contributed by atoms with E-state index in [1.54, 1.807) is 0 Å². The Morgan fingerprint density at radius 2 is 1.94 bits per heavy atom. The summed E-state index contributed by atoms with van der Waals surface area (Å²) in [5.41, 5.74) is -0.541. The predicted octanol–water partition coefficient (Wildman–Crippen LogP) is 0.232. The van der Waals surface area contributed by atoms with Gasteiger partial charge in [-0.25, -0.2) is 0 Å². The Hall–Kier alpha value is -0.160. The third kappa shape index (κ3) is 2.74. The molecule has 0 amide bonds. The zero-order chi connectivity index (χ0) is 11.6. The van der Waals surface area contributed by atoms with E-state index in [4.69, 9.17) is 4.74 Å². The normalized spacial score (nSPS) is 35.4. The van der Waals surface area contributed by atoms with Gasteiger partial charge in [0.1, 0.15) is 0 Å². The van der Waals surface area contributed by atoms with Crippen LogP contribution in [0.3, 0.4) is 0 Å². The summed E-state index contributed by atoms with van der Waals surface area (Å²) in [4.78, 5) is 2.28. The average molecular weight is 229 g/mol. The number of ether oxygens (including phenoxy) is 1. The van der Waals surface area contributed by atoms with Gasteiger partial charge in [0.05, 0.1) is 12.2 Å². The van der Waals surface area contributed by atoms with Gasteiger partial charge in [0, 0.05) is 38.3 Å². The lowest BCUT2D eigenvalue weighted by Crippen LogP contribution is -2.44. The van der Waals surface area contributed by atoms with E-state index >= 15 is 0 Å². The number of nitrogens with zero attached hydrogens (tertiary/aromatic N) is 1. The Bertz CT molecular complexity index is 236. The Kier molecular flexibility index (Phi) is 3.54. The zero-order valence-corrected chi connectivity index (χ0v) is 10.1. The van der Waals surface area contributed by atoms with Gasteiger partial charge in [-0.05, 0) is 26.2 Å². The van der Waals surface area contributed by atoms with Crippen LogP contribution in [0.4, 0.5) is 0 Å². The molecule has 2 saturated heterocycles. The van der Waals surface area contributed by atoms with Gasteiger partial charge in [-0.15, -0.1) is 0 Å². The first kappa shape index (κ1) is 12.3. The SMILES string of the molecule is CC1(O)CCN(CC2(CO)CCOCC2)C1. The molecule has 0 aromatic carbocycles. The van der Waals surface area contributed by atoms with Gasteiger partial charge in [0.2, 0.25) is 0 Å². The molecule has 4 heteroatoms. The van der Waals surface area contributed by atoms with E-state index in [2.05, 4.69) is 4.90 Å². The van der Waals surface area contributed by atoms with Crippen molar-refractivity contribution in [2.75, 3.05) is 39.5 Å². The maximum atomic E-state index is 9.92. The highest BCUT2D eigenvalue weighted by Gasteiger charge is 2.38. The molecule has 1 atom stereocenters. The third-order valence-electron chi connectivity index (χ3n) is 3.98. The lowest BCUT2D eigenvalue weighted by atomic mass is 9.80. The van der Waals surface area contributed by atoms with Crippen LogP contribution in [-0.4, -0.2) is 60.2 Å². The van der Waals surface area contributed by atoms with Crippen molar-refractivity contribution in [2.24, 2.45) is 5.41 Å². The summed E-state index contributed by atoms with van der Waals surface area (Å²) in [6.45, 7) is 6.20. The third-order valence-corrected chi connectivity index (χ3v) is 3.98. The molecule has 0 aromatic rings. The van der Waals surface area contributed by atoms with Crippen LogP contribution in [0.1, 0.15) is 26.2 Å². The molecule has 2 heterocycles. The summed E-state index contributed by atoms with van der Waals surface area (Å²) in [6.07, 6.45) is 2.70. The van der Waals surface area contributed by atoms with Crippen molar-refractivity contribution in [3.63, 3.8) is 0 Å². The van der Waals surface area contributed by atoms with Gasteiger partial charge in [-0.1, -0.05) is 0 Å². The van der Waals surface area contributed by atoms with E-state index in [9.17, 15) is 10.2 Å². The molecule has 2 N–H and O–H groups in total. The number of aliphatic hydroxyl groups excluding tert-OH is 1. The summed E-state index contributed by atoms with van der Waals surface area (Å²) in [5.74, 6) is 0. The molecule has 0 bridgehead atoms. The summed E-state index contributed by atoms with van der Waals surface area (Å²) >= 11 is 0. The van der Waals surface area contributed by atoms with Gasteiger partial charge in [0.15, 0.2) is 0 Å². The number of β-amino-alcohol motifs (C(OH)–C–C–N with tert-alkyl or cyclic N) is 1. The molecule has 2 aliphatic rings. The predicted molar refractivity (Wildman–Crippen MR) is 61.3 cm³/mol. The molecule has 2 rings (SSSR count). The molecule has 0 spiro atoms. The first-order valence-corrected chi connectivity index (χ1v) is 6.19. The Balaban J connectivity index is 1.91. The lowest BCUT2D eigenvalue weighted by Gasteiger charge is -2.38. The second-order valence-electron chi connectivity index (χ2n) is 5.73. The fourth-order valence-electron chi connectivity index (χ4n) is 2.82. The van der Waals surface area contributed by atoms with Crippen molar-refractivity contribution in [1.82, 2.24) is 4.90 Å². The van der Waals surface area contributed by atoms with Crippen molar-refractivity contribution < 1.29 is 14.9 Å². The van der Waals surface area contributed by atoms with Gasteiger partial charge in [0.25, 0.3) is 0 Å². The lowest BCUT2D eigenvalue weighted by molar-refractivity contribution is -0.0348. The molecule has 0 saturated carbocycles. The van der Waals surface area contributed by atoms with Crippen molar-refractivity contribution in [1.29, 1.82) is 0 Å². The minimum Gasteiger partial charge on any atom is -0.396 e. The highest BCUT2D eigenvalue weighted by atomic mass is 16.5. The largest absolute Gasteiger partial charge is 0.396 e. The number of rotatable bonds is 3. The molecule has 1 unspecified atom stereocenters. The van der Waals surface area contributed by atoms with Crippen LogP contribution >= 0.6 is 0 Å². The van der Waals surface area contributed by atoms with E-state index < -0.39 is 5.60 Å². The van der Waals surface area contributed by atoms with E-state index in [0.29, 0.717) is 0 Å². The maximum absolute atomic E-state index is 9.92. The van der Waals surface area contributed by atoms with Crippen LogP contribution in [0, 0.1) is 5.41 Å². The number of hydrogen-bond donors (Lipinski definition) is 2. The van der Waals surface area contributed by atoms with Crippen molar-refractivity contribution >= 4 is 0 Å². The topological polar surface area (TPSA) is 52.9 Å². The molecule has 0 radical (unpaired) electrons. The fraction of sp³-hybridized carbons (Fsp3) is 1.00. The summed E-state index contributed by atoms with van der Waals surface area (Å²) < 4.78 is 5.35. The van der Waals surface area contributed by atoms with Crippen molar-refractivity contribution in [3.05, 3.63) is 0 Å². The highest BCUT2D eigenvalue weighted by Crippen LogP contribution is 2.33. The van der Waals surface area contributed by atoms with E-state index in [-0.39, 0.29) is 12.0 Å². The molecule has 2 aliphatic heterocycles. The van der Waals surface area contributed by atoms with Gasteiger partial charge >= 0.3 is 0 Å². The molecular formula is C12H23NO3. The molecule has 94 valence electrons. The first-order valence-electron chi connectivity index (χ1n) is 6.19. The summed E-state index contributed by atoms with van der Waals surface area (Å²) in [7, 11) is 0. The molecule has 16 heavy (non-hydrogen) atoms. The Labute approximate surface area is 97.2 Å². The first-order chi connectivity index (χ1) is 7.55. The molecule has 4 nitrogen and oxygen atoms in total. The van der Waals surface area contributed by atoms with Crippen molar-refractivity contribution in [2.45, 2.75) is 31.8 Å². The quantitative estimate of drug-likeness (QED) is 0.727. The molecular weight excluding hydrogens is 206 g/mol. The number of hydrogen-bond acceptors (Lipinski definition) is 4. The Morgan fingerprint density at radius 1 is 1.25 bits per heavy atom. The smallest absolute Gasteiger partial charge is 0.0758 e. The van der Waals surface area contributed by atoms with E-state index in [1.807, 2.05) is 6.92 Å². The van der Waals surface area contributed by atoms with Gasteiger partial charge < -0.3 is 14.9 Å². The molecule has 0 aliphatic carbocycles. The van der Waals surface area contributed by atoms with Crippen molar-refractivity contribution in [3.8, 4) is 0 Å². The summed E-state index contributed by atoms with van der Waals surface area (Å²) in [6, 6.07) is 0. The van der Waals surface area contributed by atoms with Crippen LogP contribution in [0.5, 0.6) is 0 Å². The second kappa shape index (κ2) is 4.61. The molecule has 0 aromatic heterocycles. The molecule has 2 fully saturated rings. The van der Waals surface area contributed by atoms with Gasteiger partial charge in [-0.2, -0.15) is 0 Å². The minimum atomic E-state index is -0.540. The fourth-order valence-corrected chi connectivity index (χ4v) is 2.82. The number of likely N-dealkylation sites (tertiary alicyclic amines) is 1.